The lowest BCUT2D eigenvalue weighted by atomic mass is 9.91. The van der Waals surface area contributed by atoms with Gasteiger partial charge in [0, 0.05) is 19.1 Å². The molecule has 2 fully saturated rings. The molecule has 0 amide bonds. The summed E-state index contributed by atoms with van der Waals surface area (Å²) in [6.45, 7) is 15.4. The van der Waals surface area contributed by atoms with Gasteiger partial charge in [-0.2, -0.15) is 0 Å². The minimum absolute atomic E-state index is 0.383. The third-order valence-electron chi connectivity index (χ3n) is 5.47. The monoisotopic (exact) mass is 310 g/mol. The zero-order valence-corrected chi connectivity index (χ0v) is 15.4. The van der Waals surface area contributed by atoms with Crippen LogP contribution in [-0.4, -0.2) is 60.8 Å². The third kappa shape index (κ3) is 6.17. The standard InChI is InChI=1S/C19H38N2O/c1-16(2)21-14-7-18(8-15-21)6-5-11-20-12-9-19(10-13-20)22-17(3)4/h16-19H,5-15H2,1-4H3. The largest absolute Gasteiger partial charge is 0.375 e. The Morgan fingerprint density at radius 2 is 1.55 bits per heavy atom. The molecule has 0 radical (unpaired) electrons. The molecule has 0 saturated carbocycles. The Kier molecular flexibility index (Phi) is 7.66. The van der Waals surface area contributed by atoms with Gasteiger partial charge in [0.1, 0.15) is 0 Å². The van der Waals surface area contributed by atoms with Crippen molar-refractivity contribution in [1.29, 1.82) is 0 Å². The van der Waals surface area contributed by atoms with E-state index < -0.39 is 0 Å². The molecule has 130 valence electrons. The zero-order valence-electron chi connectivity index (χ0n) is 15.4. The highest BCUT2D eigenvalue weighted by atomic mass is 16.5. The van der Waals surface area contributed by atoms with Gasteiger partial charge in [0.25, 0.3) is 0 Å². The van der Waals surface area contributed by atoms with E-state index in [0.717, 1.165) is 12.0 Å². The van der Waals surface area contributed by atoms with E-state index in [-0.39, 0.29) is 0 Å². The van der Waals surface area contributed by atoms with Crippen LogP contribution in [0.1, 0.15) is 66.2 Å². The highest BCUT2D eigenvalue weighted by molar-refractivity contribution is 4.76. The highest BCUT2D eigenvalue weighted by Crippen LogP contribution is 2.23. The second-order valence-electron chi connectivity index (χ2n) is 7.94. The fourth-order valence-corrected chi connectivity index (χ4v) is 4.02. The molecule has 0 aromatic rings. The third-order valence-corrected chi connectivity index (χ3v) is 5.47. The van der Waals surface area contributed by atoms with E-state index >= 15 is 0 Å². The first kappa shape index (κ1) is 18.2. The van der Waals surface area contributed by atoms with Crippen molar-refractivity contribution in [1.82, 2.24) is 9.80 Å². The molecule has 2 saturated heterocycles. The first-order valence-electron chi connectivity index (χ1n) is 9.66. The van der Waals surface area contributed by atoms with Crippen molar-refractivity contribution < 1.29 is 4.74 Å². The molecule has 0 aromatic heterocycles. The Morgan fingerprint density at radius 3 is 2.09 bits per heavy atom. The Balaban J connectivity index is 1.53. The van der Waals surface area contributed by atoms with E-state index in [1.165, 1.54) is 71.2 Å². The number of ether oxygens (including phenoxy) is 1. The summed E-state index contributed by atoms with van der Waals surface area (Å²) in [7, 11) is 0. The number of piperidine rings is 2. The van der Waals surface area contributed by atoms with E-state index in [2.05, 4.69) is 37.5 Å². The van der Waals surface area contributed by atoms with E-state index in [9.17, 15) is 0 Å². The summed E-state index contributed by atoms with van der Waals surface area (Å²) in [5, 5.41) is 0. The predicted octanol–water partition coefficient (Wildman–Crippen LogP) is 3.78. The van der Waals surface area contributed by atoms with Crippen molar-refractivity contribution in [2.75, 3.05) is 32.7 Å². The van der Waals surface area contributed by atoms with Crippen molar-refractivity contribution in [2.24, 2.45) is 5.92 Å². The molecule has 0 spiro atoms. The van der Waals surface area contributed by atoms with Crippen molar-refractivity contribution in [3.63, 3.8) is 0 Å². The molecule has 22 heavy (non-hydrogen) atoms. The van der Waals surface area contributed by atoms with Crippen LogP contribution in [0.4, 0.5) is 0 Å². The first-order valence-corrected chi connectivity index (χ1v) is 9.66. The molecule has 2 heterocycles. The van der Waals surface area contributed by atoms with Crippen molar-refractivity contribution in [2.45, 2.75) is 84.5 Å². The van der Waals surface area contributed by atoms with Crippen LogP contribution < -0.4 is 0 Å². The van der Waals surface area contributed by atoms with Crippen molar-refractivity contribution in [3.05, 3.63) is 0 Å². The molecule has 0 aliphatic carbocycles. The quantitative estimate of drug-likeness (QED) is 0.712. The minimum atomic E-state index is 0.383. The number of hydrogen-bond donors (Lipinski definition) is 0. The molecule has 3 nitrogen and oxygen atoms in total. The van der Waals surface area contributed by atoms with Gasteiger partial charge < -0.3 is 14.5 Å². The topological polar surface area (TPSA) is 15.7 Å². The van der Waals surface area contributed by atoms with Crippen molar-refractivity contribution >= 4 is 0 Å². The van der Waals surface area contributed by atoms with Gasteiger partial charge in [0.2, 0.25) is 0 Å². The molecule has 2 aliphatic heterocycles. The van der Waals surface area contributed by atoms with Gasteiger partial charge in [-0.05, 0) is 91.8 Å². The number of hydrogen-bond acceptors (Lipinski definition) is 3. The van der Waals surface area contributed by atoms with E-state index in [0.29, 0.717) is 12.2 Å². The molecule has 0 bridgehead atoms. The Labute approximate surface area is 138 Å². The van der Waals surface area contributed by atoms with Gasteiger partial charge in [0.15, 0.2) is 0 Å². The summed E-state index contributed by atoms with van der Waals surface area (Å²) in [6, 6.07) is 0.732. The van der Waals surface area contributed by atoms with Crippen LogP contribution in [0.15, 0.2) is 0 Å². The number of nitrogens with zero attached hydrogens (tertiary/aromatic N) is 2. The maximum Gasteiger partial charge on any atom is 0.0603 e. The Bertz CT molecular complexity index is 290. The summed E-state index contributed by atoms with van der Waals surface area (Å²) < 4.78 is 5.94. The molecular formula is C19H38N2O. The smallest absolute Gasteiger partial charge is 0.0603 e. The van der Waals surface area contributed by atoms with Crippen LogP contribution in [0.2, 0.25) is 0 Å². The lowest BCUT2D eigenvalue weighted by Crippen LogP contribution is -2.39. The second kappa shape index (κ2) is 9.24. The van der Waals surface area contributed by atoms with Crippen molar-refractivity contribution in [3.8, 4) is 0 Å². The zero-order chi connectivity index (χ0) is 15.9. The molecule has 2 aliphatic rings. The van der Waals surface area contributed by atoms with Crippen LogP contribution in [0, 0.1) is 5.92 Å². The maximum atomic E-state index is 5.94. The maximum absolute atomic E-state index is 5.94. The van der Waals surface area contributed by atoms with Gasteiger partial charge >= 0.3 is 0 Å². The second-order valence-corrected chi connectivity index (χ2v) is 7.94. The number of rotatable bonds is 7. The average molecular weight is 311 g/mol. The van der Waals surface area contributed by atoms with Gasteiger partial charge in [-0.25, -0.2) is 0 Å². The lowest BCUT2D eigenvalue weighted by Gasteiger charge is -2.35. The first-order chi connectivity index (χ1) is 10.5. The van der Waals surface area contributed by atoms with Gasteiger partial charge in [-0.3, -0.25) is 0 Å². The molecule has 0 atom stereocenters. The van der Waals surface area contributed by atoms with Gasteiger partial charge in [0.05, 0.1) is 12.2 Å². The summed E-state index contributed by atoms with van der Waals surface area (Å²) in [6.07, 6.45) is 9.02. The summed E-state index contributed by atoms with van der Waals surface area (Å²) in [5.41, 5.74) is 0. The van der Waals surface area contributed by atoms with E-state index in [1.807, 2.05) is 0 Å². The average Bonchev–Trinajstić information content (AvgIpc) is 2.49. The van der Waals surface area contributed by atoms with Gasteiger partial charge in [-0.1, -0.05) is 0 Å². The predicted molar refractivity (Wildman–Crippen MR) is 94.4 cm³/mol. The van der Waals surface area contributed by atoms with Gasteiger partial charge in [-0.15, -0.1) is 0 Å². The molecule has 2 rings (SSSR count). The Morgan fingerprint density at radius 1 is 0.909 bits per heavy atom. The summed E-state index contributed by atoms with van der Waals surface area (Å²) in [5.74, 6) is 0.983. The fourth-order valence-electron chi connectivity index (χ4n) is 4.02. The molecular weight excluding hydrogens is 272 g/mol. The van der Waals surface area contributed by atoms with Crippen LogP contribution in [0.25, 0.3) is 0 Å². The number of likely N-dealkylation sites (tertiary alicyclic amines) is 2. The van der Waals surface area contributed by atoms with E-state index in [4.69, 9.17) is 4.74 Å². The van der Waals surface area contributed by atoms with Crippen LogP contribution in [-0.2, 0) is 4.74 Å². The summed E-state index contributed by atoms with van der Waals surface area (Å²) >= 11 is 0. The van der Waals surface area contributed by atoms with Crippen LogP contribution >= 0.6 is 0 Å². The summed E-state index contributed by atoms with van der Waals surface area (Å²) in [4.78, 5) is 5.29. The highest BCUT2D eigenvalue weighted by Gasteiger charge is 2.22. The molecule has 0 unspecified atom stereocenters. The fraction of sp³-hybridized carbons (Fsp3) is 1.00. The molecule has 3 heteroatoms. The normalized spacial score (nSPS) is 23.7. The molecule has 0 N–H and O–H groups in total. The van der Waals surface area contributed by atoms with Crippen LogP contribution in [0.3, 0.4) is 0 Å². The Hall–Kier alpha value is -0.120. The van der Waals surface area contributed by atoms with E-state index in [1.54, 1.807) is 0 Å². The lowest BCUT2D eigenvalue weighted by molar-refractivity contribution is -0.0270. The van der Waals surface area contributed by atoms with Crippen LogP contribution in [0.5, 0.6) is 0 Å². The SMILES string of the molecule is CC(C)OC1CCN(CCCC2CCN(C(C)C)CC2)CC1. The molecule has 0 aromatic carbocycles. The minimum Gasteiger partial charge on any atom is -0.375 e.